The van der Waals surface area contributed by atoms with E-state index in [9.17, 15) is 10.1 Å². The number of hydrogen-bond acceptors (Lipinski definition) is 6. The molecular formula is C30H29N5O3. The molecule has 1 saturated heterocycles. The van der Waals surface area contributed by atoms with Gasteiger partial charge in [0.15, 0.2) is 0 Å². The van der Waals surface area contributed by atoms with Crippen LogP contribution < -0.4 is 9.47 Å². The summed E-state index contributed by atoms with van der Waals surface area (Å²) in [4.78, 5) is 23.4. The fourth-order valence-corrected chi connectivity index (χ4v) is 4.64. The number of carbonyl (C=O) groups is 1. The summed E-state index contributed by atoms with van der Waals surface area (Å²) < 4.78 is 14.2. The topological polar surface area (TPSA) is 93.3 Å². The molecule has 0 aliphatic carbocycles. The van der Waals surface area contributed by atoms with Crippen LogP contribution in [0.15, 0.2) is 84.8 Å². The molecule has 38 heavy (non-hydrogen) atoms. The first-order valence-electron chi connectivity index (χ1n) is 12.9. The fourth-order valence-electron chi connectivity index (χ4n) is 4.64. The van der Waals surface area contributed by atoms with Crippen molar-refractivity contribution in [3.05, 3.63) is 84.8 Å². The lowest BCUT2D eigenvalue weighted by molar-refractivity contribution is -0.127. The first-order chi connectivity index (χ1) is 18.7. The average Bonchev–Trinajstić information content (AvgIpc) is 3.40. The number of piperidine rings is 1. The van der Waals surface area contributed by atoms with Crippen LogP contribution in [0, 0.1) is 11.3 Å². The third-order valence-corrected chi connectivity index (χ3v) is 6.62. The van der Waals surface area contributed by atoms with Crippen LogP contribution in [0.2, 0.25) is 0 Å². The number of likely N-dealkylation sites (tertiary alicyclic amines) is 1. The first-order valence-corrected chi connectivity index (χ1v) is 12.9. The highest BCUT2D eigenvalue weighted by atomic mass is 16.5. The highest BCUT2D eigenvalue weighted by Crippen LogP contribution is 2.34. The van der Waals surface area contributed by atoms with E-state index in [1.165, 1.54) is 6.33 Å². The Hall–Kier alpha value is -4.64. The van der Waals surface area contributed by atoms with Crippen molar-refractivity contribution >= 4 is 16.9 Å². The average molecular weight is 508 g/mol. The monoisotopic (exact) mass is 507 g/mol. The molecule has 3 heterocycles. The van der Waals surface area contributed by atoms with Gasteiger partial charge in [-0.15, -0.1) is 0 Å². The molecule has 0 bridgehead atoms. The van der Waals surface area contributed by atoms with Crippen molar-refractivity contribution in [3.8, 4) is 29.2 Å². The van der Waals surface area contributed by atoms with E-state index in [1.807, 2.05) is 73.8 Å². The van der Waals surface area contributed by atoms with Crippen molar-refractivity contribution in [2.75, 3.05) is 13.1 Å². The minimum absolute atomic E-state index is 0.164. The number of rotatable bonds is 8. The van der Waals surface area contributed by atoms with Crippen LogP contribution in [0.4, 0.5) is 0 Å². The van der Waals surface area contributed by atoms with Crippen LogP contribution in [0.1, 0.15) is 38.6 Å². The number of nitriles is 1. The summed E-state index contributed by atoms with van der Waals surface area (Å²) in [6, 6.07) is 21.2. The van der Waals surface area contributed by atoms with Gasteiger partial charge in [-0.1, -0.05) is 37.6 Å². The van der Waals surface area contributed by atoms with Gasteiger partial charge in [-0.25, -0.2) is 4.98 Å². The molecule has 0 unspecified atom stereocenters. The van der Waals surface area contributed by atoms with E-state index in [0.717, 1.165) is 42.5 Å². The zero-order chi connectivity index (χ0) is 26.3. The molecule has 4 aromatic rings. The van der Waals surface area contributed by atoms with Crippen molar-refractivity contribution in [1.82, 2.24) is 19.4 Å². The molecule has 1 amide bonds. The number of amides is 1. The molecule has 8 heteroatoms. The standard InChI is InChI=1S/C30H29N5O3/c1-2-3-7-22(20-31)30(36)34-17-14-23(15-18-34)35-19-16-27-28(35)29(33-21-32-27)38-26-12-10-25(11-13-26)37-24-8-5-4-6-9-24/h4-13,16,19,21,23H,2-3,14-15,17-18H2,1H3/b22-7-. The number of unbranched alkanes of at least 4 members (excludes halogenated alkanes) is 1. The van der Waals surface area contributed by atoms with Crippen molar-refractivity contribution in [2.24, 2.45) is 0 Å². The number of ether oxygens (including phenoxy) is 2. The lowest BCUT2D eigenvalue weighted by Gasteiger charge is -2.33. The van der Waals surface area contributed by atoms with Crippen molar-refractivity contribution in [2.45, 2.75) is 38.6 Å². The molecule has 0 radical (unpaired) electrons. The predicted octanol–water partition coefficient (Wildman–Crippen LogP) is 6.43. The normalized spacial score (nSPS) is 14.3. The Balaban J connectivity index is 1.29. The van der Waals surface area contributed by atoms with E-state index >= 15 is 0 Å². The summed E-state index contributed by atoms with van der Waals surface area (Å²) in [6.07, 6.45) is 8.42. The maximum absolute atomic E-state index is 12.8. The number of benzene rings is 2. The van der Waals surface area contributed by atoms with Gasteiger partial charge in [0, 0.05) is 25.3 Å². The number of fused-ring (bicyclic) bond motifs is 1. The molecule has 0 spiro atoms. The SMILES string of the molecule is CCC/C=C(/C#N)C(=O)N1CCC(n2ccc3ncnc(Oc4ccc(Oc5ccccc5)cc4)c32)CC1. The van der Waals surface area contributed by atoms with Crippen LogP contribution in [-0.2, 0) is 4.79 Å². The Morgan fingerprint density at radius 1 is 1.00 bits per heavy atom. The molecule has 2 aromatic heterocycles. The molecular weight excluding hydrogens is 478 g/mol. The molecule has 1 fully saturated rings. The largest absolute Gasteiger partial charge is 0.457 e. The van der Waals surface area contributed by atoms with E-state index in [1.54, 1.807) is 11.0 Å². The number of hydrogen-bond donors (Lipinski definition) is 0. The maximum Gasteiger partial charge on any atom is 0.264 e. The Bertz CT molecular complexity index is 1460. The van der Waals surface area contributed by atoms with Gasteiger partial charge in [-0.2, -0.15) is 10.2 Å². The van der Waals surface area contributed by atoms with Gasteiger partial charge in [0.1, 0.15) is 40.7 Å². The van der Waals surface area contributed by atoms with E-state index in [-0.39, 0.29) is 17.5 Å². The number of para-hydroxylation sites is 1. The zero-order valence-electron chi connectivity index (χ0n) is 21.3. The highest BCUT2D eigenvalue weighted by Gasteiger charge is 2.27. The molecule has 0 N–H and O–H groups in total. The predicted molar refractivity (Wildman–Crippen MR) is 144 cm³/mol. The zero-order valence-corrected chi connectivity index (χ0v) is 21.3. The maximum atomic E-state index is 12.8. The third-order valence-electron chi connectivity index (χ3n) is 6.62. The number of allylic oxidation sites excluding steroid dienone is 1. The summed E-state index contributed by atoms with van der Waals surface area (Å²) >= 11 is 0. The molecule has 2 aromatic carbocycles. The van der Waals surface area contributed by atoms with E-state index < -0.39 is 0 Å². The van der Waals surface area contributed by atoms with Gasteiger partial charge >= 0.3 is 0 Å². The van der Waals surface area contributed by atoms with Crippen LogP contribution >= 0.6 is 0 Å². The van der Waals surface area contributed by atoms with Crippen molar-refractivity contribution in [3.63, 3.8) is 0 Å². The molecule has 0 atom stereocenters. The van der Waals surface area contributed by atoms with Gasteiger partial charge in [-0.05, 0) is 61.7 Å². The second-order valence-corrected chi connectivity index (χ2v) is 9.17. The van der Waals surface area contributed by atoms with E-state index in [0.29, 0.717) is 30.5 Å². The van der Waals surface area contributed by atoms with Crippen molar-refractivity contribution < 1.29 is 14.3 Å². The number of carbonyl (C=O) groups excluding carboxylic acids is 1. The molecule has 5 rings (SSSR count). The summed E-state index contributed by atoms with van der Waals surface area (Å²) in [5.74, 6) is 2.42. The van der Waals surface area contributed by atoms with Crippen LogP contribution in [-0.4, -0.2) is 38.4 Å². The van der Waals surface area contributed by atoms with E-state index in [2.05, 4.69) is 20.6 Å². The summed E-state index contributed by atoms with van der Waals surface area (Å²) in [5.41, 5.74) is 1.86. The van der Waals surface area contributed by atoms with Crippen LogP contribution in [0.3, 0.4) is 0 Å². The Morgan fingerprint density at radius 3 is 2.37 bits per heavy atom. The Labute approximate surface area is 221 Å². The fraction of sp³-hybridized carbons (Fsp3) is 0.267. The molecule has 0 saturated carbocycles. The lowest BCUT2D eigenvalue weighted by Crippen LogP contribution is -2.39. The van der Waals surface area contributed by atoms with E-state index in [4.69, 9.17) is 9.47 Å². The van der Waals surface area contributed by atoms with Gasteiger partial charge in [0.05, 0.1) is 5.52 Å². The lowest BCUT2D eigenvalue weighted by atomic mass is 10.0. The molecule has 1 aliphatic heterocycles. The van der Waals surface area contributed by atoms with Gasteiger partial charge in [-0.3, -0.25) is 4.79 Å². The Morgan fingerprint density at radius 2 is 1.68 bits per heavy atom. The second-order valence-electron chi connectivity index (χ2n) is 9.17. The summed E-state index contributed by atoms with van der Waals surface area (Å²) in [5, 5.41) is 9.40. The Kier molecular flexibility index (Phi) is 7.65. The van der Waals surface area contributed by atoms with Gasteiger partial charge < -0.3 is 18.9 Å². The minimum atomic E-state index is -0.177. The third kappa shape index (κ3) is 5.52. The summed E-state index contributed by atoms with van der Waals surface area (Å²) in [7, 11) is 0. The minimum Gasteiger partial charge on any atom is -0.457 e. The van der Waals surface area contributed by atoms with Gasteiger partial charge in [0.2, 0.25) is 5.88 Å². The smallest absolute Gasteiger partial charge is 0.264 e. The van der Waals surface area contributed by atoms with Crippen LogP contribution in [0.5, 0.6) is 23.1 Å². The van der Waals surface area contributed by atoms with Crippen molar-refractivity contribution in [1.29, 1.82) is 5.26 Å². The molecule has 8 nitrogen and oxygen atoms in total. The number of nitrogens with zero attached hydrogens (tertiary/aromatic N) is 5. The molecule has 192 valence electrons. The van der Waals surface area contributed by atoms with Gasteiger partial charge in [0.25, 0.3) is 5.91 Å². The number of aromatic nitrogens is 3. The highest BCUT2D eigenvalue weighted by molar-refractivity contribution is 5.97. The second kappa shape index (κ2) is 11.6. The molecule has 1 aliphatic rings. The van der Waals surface area contributed by atoms with Crippen LogP contribution in [0.25, 0.3) is 11.0 Å². The first kappa shape index (κ1) is 25.0. The summed E-state index contributed by atoms with van der Waals surface area (Å²) in [6.45, 7) is 3.20. The quantitative estimate of drug-likeness (QED) is 0.202.